The van der Waals surface area contributed by atoms with E-state index in [1.807, 2.05) is 13.8 Å². The van der Waals surface area contributed by atoms with Crippen molar-refractivity contribution >= 4 is 0 Å². The predicted molar refractivity (Wildman–Crippen MR) is 80.4 cm³/mol. The number of likely N-dealkylation sites (tertiary alicyclic amines) is 1. The average molecular weight is 297 g/mol. The Morgan fingerprint density at radius 3 is 2.67 bits per heavy atom. The fourth-order valence-corrected chi connectivity index (χ4v) is 3.07. The Morgan fingerprint density at radius 1 is 1.33 bits per heavy atom. The molecule has 2 rings (SSSR count). The Bertz CT molecular complexity index is 490. The summed E-state index contributed by atoms with van der Waals surface area (Å²) in [5.74, 6) is -0.801. The van der Waals surface area contributed by atoms with E-state index in [1.54, 1.807) is 6.07 Å². The van der Waals surface area contributed by atoms with Crippen molar-refractivity contribution in [3.05, 3.63) is 34.9 Å². The number of piperidine rings is 1. The van der Waals surface area contributed by atoms with Gasteiger partial charge in [-0.05, 0) is 43.7 Å². The summed E-state index contributed by atoms with van der Waals surface area (Å²) in [7, 11) is 0. The third kappa shape index (κ3) is 3.80. The minimum absolute atomic E-state index is 0.0495. The minimum atomic E-state index is -0.457. The summed E-state index contributed by atoms with van der Waals surface area (Å²) in [5.41, 5.74) is 0.771. The van der Waals surface area contributed by atoms with Gasteiger partial charge in [-0.25, -0.2) is 8.78 Å². The van der Waals surface area contributed by atoms with Gasteiger partial charge in [-0.15, -0.1) is 0 Å². The van der Waals surface area contributed by atoms with Crippen LogP contribution in [-0.2, 0) is 6.42 Å². The Morgan fingerprint density at radius 2 is 2.05 bits per heavy atom. The summed E-state index contributed by atoms with van der Waals surface area (Å²) in [6.07, 6.45) is 1.60. The van der Waals surface area contributed by atoms with E-state index in [1.165, 1.54) is 6.07 Å². The molecule has 4 heteroatoms. The molecule has 2 atom stereocenters. The highest BCUT2D eigenvalue weighted by Crippen LogP contribution is 2.25. The van der Waals surface area contributed by atoms with Crippen LogP contribution in [-0.4, -0.2) is 35.2 Å². The van der Waals surface area contributed by atoms with Gasteiger partial charge in [0.1, 0.15) is 11.6 Å². The smallest absolute Gasteiger partial charge is 0.132 e. The van der Waals surface area contributed by atoms with Crippen LogP contribution in [0.3, 0.4) is 0 Å². The molecule has 118 valence electrons. The molecular formula is C17H25F2NO. The zero-order valence-electron chi connectivity index (χ0n) is 13.1. The fourth-order valence-electron chi connectivity index (χ4n) is 3.07. The zero-order valence-corrected chi connectivity index (χ0v) is 13.1. The van der Waals surface area contributed by atoms with Crippen molar-refractivity contribution in [2.45, 2.75) is 58.1 Å². The van der Waals surface area contributed by atoms with Crippen molar-refractivity contribution in [1.82, 2.24) is 4.90 Å². The average Bonchev–Trinajstić information content (AvgIpc) is 2.40. The maximum absolute atomic E-state index is 14.4. The highest BCUT2D eigenvalue weighted by Gasteiger charge is 2.24. The summed E-state index contributed by atoms with van der Waals surface area (Å²) in [6.45, 7) is 7.29. The van der Waals surface area contributed by atoms with Crippen LogP contribution in [0.15, 0.2) is 12.1 Å². The first-order valence-electron chi connectivity index (χ1n) is 7.79. The summed E-state index contributed by atoms with van der Waals surface area (Å²) in [6, 6.07) is 3.17. The summed E-state index contributed by atoms with van der Waals surface area (Å²) in [4.78, 5) is 2.20. The van der Waals surface area contributed by atoms with E-state index in [0.717, 1.165) is 19.4 Å². The van der Waals surface area contributed by atoms with Gasteiger partial charge in [0.2, 0.25) is 0 Å². The van der Waals surface area contributed by atoms with Gasteiger partial charge in [-0.1, -0.05) is 19.9 Å². The lowest BCUT2D eigenvalue weighted by Gasteiger charge is -2.35. The van der Waals surface area contributed by atoms with E-state index >= 15 is 0 Å². The van der Waals surface area contributed by atoms with Crippen molar-refractivity contribution in [3.8, 4) is 0 Å². The third-order valence-corrected chi connectivity index (χ3v) is 4.47. The van der Waals surface area contributed by atoms with Crippen molar-refractivity contribution in [1.29, 1.82) is 0 Å². The molecule has 21 heavy (non-hydrogen) atoms. The van der Waals surface area contributed by atoms with Crippen LogP contribution in [0.4, 0.5) is 8.78 Å². The lowest BCUT2D eigenvalue weighted by atomic mass is 9.96. The summed E-state index contributed by atoms with van der Waals surface area (Å²) >= 11 is 0. The monoisotopic (exact) mass is 297 g/mol. The number of rotatable bonds is 4. The molecule has 1 aromatic carbocycles. The second-order valence-corrected chi connectivity index (χ2v) is 6.40. The number of hydrogen-bond donors (Lipinski definition) is 1. The molecular weight excluding hydrogens is 272 g/mol. The summed E-state index contributed by atoms with van der Waals surface area (Å²) in [5, 5.41) is 9.62. The molecule has 0 aliphatic carbocycles. The molecule has 0 spiro atoms. The van der Waals surface area contributed by atoms with Crippen LogP contribution in [0, 0.1) is 11.6 Å². The molecule has 1 aromatic rings. The lowest BCUT2D eigenvalue weighted by Crippen LogP contribution is -2.43. The number of hydrogen-bond acceptors (Lipinski definition) is 2. The number of nitrogens with zero attached hydrogens (tertiary/aromatic N) is 1. The molecule has 1 heterocycles. The van der Waals surface area contributed by atoms with Gasteiger partial charge in [0.15, 0.2) is 0 Å². The van der Waals surface area contributed by atoms with Crippen LogP contribution < -0.4 is 0 Å². The van der Waals surface area contributed by atoms with E-state index in [2.05, 4.69) is 11.8 Å². The molecule has 2 nitrogen and oxygen atoms in total. The summed E-state index contributed by atoms with van der Waals surface area (Å²) < 4.78 is 28.3. The highest BCUT2D eigenvalue weighted by atomic mass is 19.1. The normalized spacial score (nSPS) is 23.8. The van der Waals surface area contributed by atoms with Crippen molar-refractivity contribution in [2.24, 2.45) is 0 Å². The predicted octanol–water partition coefficient (Wildman–Crippen LogP) is 3.48. The topological polar surface area (TPSA) is 23.5 Å². The van der Waals surface area contributed by atoms with Gasteiger partial charge in [-0.3, -0.25) is 0 Å². The van der Waals surface area contributed by atoms with E-state index in [0.29, 0.717) is 18.5 Å². The van der Waals surface area contributed by atoms with Gasteiger partial charge in [-0.2, -0.15) is 0 Å². The van der Waals surface area contributed by atoms with Crippen LogP contribution in [0.25, 0.3) is 0 Å². The van der Waals surface area contributed by atoms with Crippen LogP contribution >= 0.6 is 0 Å². The first-order chi connectivity index (χ1) is 9.90. The van der Waals surface area contributed by atoms with Crippen LogP contribution in [0.5, 0.6) is 0 Å². The third-order valence-electron chi connectivity index (χ3n) is 4.47. The van der Waals surface area contributed by atoms with Gasteiger partial charge in [0.25, 0.3) is 0 Å². The molecule has 0 bridgehead atoms. The first kappa shape index (κ1) is 16.4. The molecule has 0 aromatic heterocycles. The number of aliphatic hydroxyl groups excluding tert-OH is 1. The zero-order chi connectivity index (χ0) is 15.6. The van der Waals surface area contributed by atoms with Crippen molar-refractivity contribution < 1.29 is 13.9 Å². The molecule has 1 fully saturated rings. The van der Waals surface area contributed by atoms with Crippen molar-refractivity contribution in [2.75, 3.05) is 13.1 Å². The molecule has 1 aliphatic rings. The first-order valence-corrected chi connectivity index (χ1v) is 7.79. The second-order valence-electron chi connectivity index (χ2n) is 6.40. The quantitative estimate of drug-likeness (QED) is 0.920. The fraction of sp³-hybridized carbons (Fsp3) is 0.647. The van der Waals surface area contributed by atoms with E-state index in [-0.39, 0.29) is 23.6 Å². The van der Waals surface area contributed by atoms with Gasteiger partial charge in [0, 0.05) is 24.7 Å². The van der Waals surface area contributed by atoms with E-state index in [9.17, 15) is 13.9 Å². The Balaban J connectivity index is 2.08. The SMILES string of the molecule is CC(C)c1ccc(F)c(CCN2CCC(O)CC2C)c1F. The Kier molecular flexibility index (Phi) is 5.33. The molecule has 1 aliphatic heterocycles. The van der Waals surface area contributed by atoms with Gasteiger partial charge < -0.3 is 10.0 Å². The van der Waals surface area contributed by atoms with Gasteiger partial charge in [0.05, 0.1) is 6.10 Å². The van der Waals surface area contributed by atoms with Crippen molar-refractivity contribution in [3.63, 3.8) is 0 Å². The maximum atomic E-state index is 14.4. The van der Waals surface area contributed by atoms with E-state index in [4.69, 9.17) is 0 Å². The minimum Gasteiger partial charge on any atom is -0.393 e. The number of benzene rings is 1. The van der Waals surface area contributed by atoms with Gasteiger partial charge >= 0.3 is 0 Å². The Hall–Kier alpha value is -1.00. The van der Waals surface area contributed by atoms with Crippen LogP contribution in [0.2, 0.25) is 0 Å². The molecule has 0 radical (unpaired) electrons. The molecule has 1 N–H and O–H groups in total. The largest absolute Gasteiger partial charge is 0.393 e. The standard InChI is InChI=1S/C17H25F2NO/c1-11(2)14-4-5-16(18)15(17(14)19)7-9-20-8-6-13(21)10-12(20)3/h4-5,11-13,21H,6-10H2,1-3H3. The molecule has 0 amide bonds. The molecule has 0 saturated carbocycles. The molecule has 1 saturated heterocycles. The number of halogens is 2. The molecule has 2 unspecified atom stereocenters. The number of aliphatic hydroxyl groups is 1. The highest BCUT2D eigenvalue weighted by molar-refractivity contribution is 5.30. The van der Waals surface area contributed by atoms with E-state index < -0.39 is 11.6 Å². The second kappa shape index (κ2) is 6.84. The Labute approximate surface area is 125 Å². The lowest BCUT2D eigenvalue weighted by molar-refractivity contribution is 0.0488. The maximum Gasteiger partial charge on any atom is 0.132 e. The van der Waals surface area contributed by atoms with Crippen LogP contribution in [0.1, 0.15) is 50.7 Å².